The number of benzene rings is 3. The van der Waals surface area contributed by atoms with Crippen LogP contribution < -0.4 is 14.8 Å². The van der Waals surface area contributed by atoms with Crippen molar-refractivity contribution in [3.05, 3.63) is 41.5 Å². The summed E-state index contributed by atoms with van der Waals surface area (Å²) in [7, 11) is 5.40. The number of hydrogen-bond acceptors (Lipinski definition) is 4. The predicted molar refractivity (Wildman–Crippen MR) is 111 cm³/mol. The van der Waals surface area contributed by atoms with E-state index in [4.69, 9.17) is 9.47 Å². The quantitative estimate of drug-likeness (QED) is 0.692. The first kappa shape index (κ1) is 16.7. The Morgan fingerprint density at radius 1 is 0.926 bits per heavy atom. The molecular weight excluding hydrogens is 336 g/mol. The van der Waals surface area contributed by atoms with Crippen molar-refractivity contribution < 1.29 is 9.47 Å². The van der Waals surface area contributed by atoms with E-state index in [-0.39, 0.29) is 0 Å². The molecule has 4 nitrogen and oxygen atoms in total. The zero-order chi connectivity index (χ0) is 18.5. The lowest BCUT2D eigenvalue weighted by Crippen LogP contribution is -2.35. The lowest BCUT2D eigenvalue weighted by Gasteiger charge is -2.33. The molecule has 2 aliphatic heterocycles. The van der Waals surface area contributed by atoms with Crippen molar-refractivity contribution in [2.75, 3.05) is 33.1 Å². The molecule has 1 atom stereocenters. The molecule has 0 bridgehead atoms. The second-order valence-electron chi connectivity index (χ2n) is 7.69. The molecule has 0 aliphatic carbocycles. The summed E-state index contributed by atoms with van der Waals surface area (Å²) < 4.78 is 11.2. The van der Waals surface area contributed by atoms with Gasteiger partial charge >= 0.3 is 0 Å². The molecule has 1 fully saturated rings. The van der Waals surface area contributed by atoms with Gasteiger partial charge in [0.2, 0.25) is 0 Å². The normalized spacial score (nSPS) is 19.1. The Hall–Kier alpha value is -2.46. The second kappa shape index (κ2) is 6.31. The number of rotatable bonds is 3. The molecule has 27 heavy (non-hydrogen) atoms. The molecule has 0 unspecified atom stereocenters. The van der Waals surface area contributed by atoms with Gasteiger partial charge in [-0.3, -0.25) is 4.90 Å². The minimum absolute atomic E-state index is 0.697. The zero-order valence-electron chi connectivity index (χ0n) is 16.3. The number of anilines is 1. The summed E-state index contributed by atoms with van der Waals surface area (Å²) in [6, 6.07) is 11.8. The zero-order valence-corrected chi connectivity index (χ0v) is 16.3. The molecule has 140 valence electrons. The molecule has 0 amide bonds. The van der Waals surface area contributed by atoms with Crippen LogP contribution in [-0.4, -0.2) is 38.8 Å². The summed E-state index contributed by atoms with van der Waals surface area (Å²) in [4.78, 5) is 2.66. The third kappa shape index (κ3) is 2.47. The van der Waals surface area contributed by atoms with Gasteiger partial charge in [-0.05, 0) is 82.7 Å². The van der Waals surface area contributed by atoms with E-state index in [2.05, 4.69) is 40.5 Å². The van der Waals surface area contributed by atoms with Crippen LogP contribution in [0.5, 0.6) is 11.5 Å². The van der Waals surface area contributed by atoms with E-state index < -0.39 is 0 Å². The van der Waals surface area contributed by atoms with Crippen LogP contribution >= 0.6 is 0 Å². The van der Waals surface area contributed by atoms with Crippen LogP contribution in [-0.2, 0) is 13.0 Å². The van der Waals surface area contributed by atoms with E-state index in [1.165, 1.54) is 52.1 Å². The van der Waals surface area contributed by atoms with E-state index in [0.717, 1.165) is 30.2 Å². The molecule has 1 saturated heterocycles. The Morgan fingerprint density at radius 2 is 1.67 bits per heavy atom. The molecule has 3 aromatic carbocycles. The van der Waals surface area contributed by atoms with Gasteiger partial charge in [0.15, 0.2) is 11.5 Å². The standard InChI is InChI=1S/C23H26N2O2/c1-24-14-6-7-16-17(9-14)19-11-22(26-2)23(27-3)12-20(19)21-13-25-8-4-5-15(25)10-18(16)21/h6-7,9,11-12,15,24H,4-5,8,10,13H2,1-3H3/t15-/m0/s1. The summed E-state index contributed by atoms with van der Waals surface area (Å²) in [5.74, 6) is 1.59. The van der Waals surface area contributed by atoms with Crippen LogP contribution in [0.4, 0.5) is 5.69 Å². The minimum atomic E-state index is 0.697. The van der Waals surface area contributed by atoms with E-state index in [0.29, 0.717) is 6.04 Å². The summed E-state index contributed by atoms with van der Waals surface area (Å²) in [5.41, 5.74) is 4.13. The summed E-state index contributed by atoms with van der Waals surface area (Å²) in [5, 5.41) is 8.51. The Kier molecular flexibility index (Phi) is 3.90. The summed E-state index contributed by atoms with van der Waals surface area (Å²) in [6.45, 7) is 2.26. The Labute approximate surface area is 160 Å². The molecule has 0 radical (unpaired) electrons. The third-order valence-electron chi connectivity index (χ3n) is 6.44. The molecule has 0 spiro atoms. The lowest BCUT2D eigenvalue weighted by molar-refractivity contribution is 0.229. The van der Waals surface area contributed by atoms with E-state index >= 15 is 0 Å². The highest BCUT2D eigenvalue weighted by Crippen LogP contribution is 2.44. The first-order chi connectivity index (χ1) is 13.2. The molecule has 2 heterocycles. The maximum Gasteiger partial charge on any atom is 0.161 e. The van der Waals surface area contributed by atoms with Gasteiger partial charge in [-0.2, -0.15) is 0 Å². The maximum atomic E-state index is 5.63. The second-order valence-corrected chi connectivity index (χ2v) is 7.69. The van der Waals surface area contributed by atoms with Gasteiger partial charge in [0.1, 0.15) is 0 Å². The monoisotopic (exact) mass is 362 g/mol. The van der Waals surface area contributed by atoms with Crippen LogP contribution in [0.1, 0.15) is 24.0 Å². The molecule has 0 saturated carbocycles. The average Bonchev–Trinajstić information content (AvgIpc) is 3.18. The lowest BCUT2D eigenvalue weighted by atomic mass is 9.85. The van der Waals surface area contributed by atoms with Gasteiger partial charge in [-0.15, -0.1) is 0 Å². The van der Waals surface area contributed by atoms with Crippen molar-refractivity contribution in [2.45, 2.75) is 31.8 Å². The van der Waals surface area contributed by atoms with Crippen molar-refractivity contribution in [3.63, 3.8) is 0 Å². The molecule has 4 heteroatoms. The van der Waals surface area contributed by atoms with Crippen molar-refractivity contribution in [1.82, 2.24) is 4.90 Å². The topological polar surface area (TPSA) is 33.7 Å². The number of nitrogens with one attached hydrogen (secondary N) is 1. The predicted octanol–water partition coefficient (Wildman–Crippen LogP) is 4.57. The van der Waals surface area contributed by atoms with Crippen LogP contribution in [0.2, 0.25) is 0 Å². The van der Waals surface area contributed by atoms with Crippen LogP contribution in [0.25, 0.3) is 21.5 Å². The number of hydrogen-bond donors (Lipinski definition) is 1. The molecule has 5 rings (SSSR count). The highest BCUT2D eigenvalue weighted by Gasteiger charge is 2.32. The first-order valence-electron chi connectivity index (χ1n) is 9.78. The van der Waals surface area contributed by atoms with E-state index in [1.807, 2.05) is 7.05 Å². The Morgan fingerprint density at radius 3 is 2.41 bits per heavy atom. The van der Waals surface area contributed by atoms with Gasteiger partial charge in [0, 0.05) is 25.3 Å². The third-order valence-corrected chi connectivity index (χ3v) is 6.44. The number of nitrogens with zero attached hydrogens (tertiary/aromatic N) is 1. The minimum Gasteiger partial charge on any atom is -0.493 e. The van der Waals surface area contributed by atoms with Crippen LogP contribution in [0, 0.1) is 0 Å². The molecule has 2 aliphatic rings. The number of ether oxygens (including phenoxy) is 2. The van der Waals surface area contributed by atoms with Crippen LogP contribution in [0.15, 0.2) is 30.3 Å². The van der Waals surface area contributed by atoms with Gasteiger partial charge < -0.3 is 14.8 Å². The molecule has 3 aromatic rings. The fourth-order valence-electron chi connectivity index (χ4n) is 5.05. The highest BCUT2D eigenvalue weighted by molar-refractivity contribution is 6.12. The van der Waals surface area contributed by atoms with Gasteiger partial charge in [-0.1, -0.05) is 6.07 Å². The van der Waals surface area contributed by atoms with Crippen molar-refractivity contribution >= 4 is 27.2 Å². The summed E-state index contributed by atoms with van der Waals surface area (Å²) in [6.07, 6.45) is 3.78. The van der Waals surface area contributed by atoms with Crippen molar-refractivity contribution in [1.29, 1.82) is 0 Å². The van der Waals surface area contributed by atoms with Crippen molar-refractivity contribution in [2.24, 2.45) is 0 Å². The fourth-order valence-corrected chi connectivity index (χ4v) is 5.05. The van der Waals surface area contributed by atoms with Crippen LogP contribution in [0.3, 0.4) is 0 Å². The first-order valence-corrected chi connectivity index (χ1v) is 9.78. The van der Waals surface area contributed by atoms with Gasteiger partial charge in [-0.25, -0.2) is 0 Å². The smallest absolute Gasteiger partial charge is 0.161 e. The molecular formula is C23H26N2O2. The maximum absolute atomic E-state index is 5.63. The number of fused-ring (bicyclic) bond motifs is 7. The Balaban J connectivity index is 1.88. The van der Waals surface area contributed by atoms with E-state index in [1.54, 1.807) is 14.2 Å². The molecule has 1 N–H and O–H groups in total. The largest absolute Gasteiger partial charge is 0.493 e. The average molecular weight is 362 g/mol. The van der Waals surface area contributed by atoms with Gasteiger partial charge in [0.25, 0.3) is 0 Å². The fraction of sp³-hybridized carbons (Fsp3) is 0.391. The molecule has 0 aromatic heterocycles. The van der Waals surface area contributed by atoms with Gasteiger partial charge in [0.05, 0.1) is 14.2 Å². The van der Waals surface area contributed by atoms with E-state index in [9.17, 15) is 0 Å². The highest BCUT2D eigenvalue weighted by atomic mass is 16.5. The van der Waals surface area contributed by atoms with Crippen molar-refractivity contribution in [3.8, 4) is 11.5 Å². The summed E-state index contributed by atoms with van der Waals surface area (Å²) >= 11 is 0. The number of methoxy groups -OCH3 is 2. The SMILES string of the molecule is CNc1ccc2c3c(c4cc(OC)c(OC)cc4c2c1)CN1CCC[C@H]1C3. The Bertz CT molecular complexity index is 1040.